The van der Waals surface area contributed by atoms with Gasteiger partial charge in [0.25, 0.3) is 0 Å². The van der Waals surface area contributed by atoms with Crippen molar-refractivity contribution >= 4 is 22.5 Å². The Balaban J connectivity index is 2.15. The van der Waals surface area contributed by atoms with Crippen molar-refractivity contribution in [2.24, 2.45) is 0 Å². The van der Waals surface area contributed by atoms with E-state index in [-0.39, 0.29) is 5.78 Å². The van der Waals surface area contributed by atoms with Crippen LogP contribution in [0.15, 0.2) is 41.0 Å². The number of furan rings is 1. The highest BCUT2D eigenvalue weighted by Gasteiger charge is 2.16. The minimum absolute atomic E-state index is 0.103. The van der Waals surface area contributed by atoms with E-state index in [0.29, 0.717) is 18.8 Å². The standard InChI is InChI=1S/C13H10O3/c14-9-5-6-15-13(7-9)11-8-16-12-4-2-1-3-10(11)12/h1-4,7-8H,5-6H2. The van der Waals surface area contributed by atoms with Gasteiger partial charge in [-0.25, -0.2) is 0 Å². The maximum Gasteiger partial charge on any atom is 0.162 e. The number of benzene rings is 1. The lowest BCUT2D eigenvalue weighted by atomic mass is 10.1. The Bertz CT molecular complexity index is 578. The van der Waals surface area contributed by atoms with E-state index in [4.69, 9.17) is 9.15 Å². The van der Waals surface area contributed by atoms with E-state index in [2.05, 4.69) is 0 Å². The molecule has 0 saturated heterocycles. The molecule has 0 fully saturated rings. The summed E-state index contributed by atoms with van der Waals surface area (Å²) in [5.41, 5.74) is 1.66. The Morgan fingerprint density at radius 2 is 2.06 bits per heavy atom. The number of carbonyl (C=O) groups is 1. The Hall–Kier alpha value is -2.03. The predicted molar refractivity (Wildman–Crippen MR) is 59.8 cm³/mol. The molecule has 2 aromatic rings. The second-order valence-corrected chi connectivity index (χ2v) is 3.72. The lowest BCUT2D eigenvalue weighted by molar-refractivity contribution is -0.115. The summed E-state index contributed by atoms with van der Waals surface area (Å²) in [6, 6.07) is 7.70. The average molecular weight is 214 g/mol. The van der Waals surface area contributed by atoms with Crippen molar-refractivity contribution in [2.75, 3.05) is 6.61 Å². The van der Waals surface area contributed by atoms with Gasteiger partial charge in [-0.2, -0.15) is 0 Å². The monoisotopic (exact) mass is 214 g/mol. The number of para-hydroxylation sites is 1. The van der Waals surface area contributed by atoms with Crippen LogP contribution in [-0.2, 0) is 9.53 Å². The van der Waals surface area contributed by atoms with Gasteiger partial charge in [0.2, 0.25) is 0 Å². The number of rotatable bonds is 1. The number of fused-ring (bicyclic) bond motifs is 1. The quantitative estimate of drug-likeness (QED) is 0.732. The Morgan fingerprint density at radius 3 is 2.94 bits per heavy atom. The molecule has 0 aliphatic carbocycles. The molecule has 3 heteroatoms. The van der Waals surface area contributed by atoms with Crippen LogP contribution in [-0.4, -0.2) is 12.4 Å². The Kier molecular flexibility index (Phi) is 2.03. The highest BCUT2D eigenvalue weighted by atomic mass is 16.5. The first-order valence-electron chi connectivity index (χ1n) is 5.18. The van der Waals surface area contributed by atoms with Crippen molar-refractivity contribution in [1.29, 1.82) is 0 Å². The Labute approximate surface area is 92.3 Å². The molecule has 0 unspecified atom stereocenters. The molecule has 3 rings (SSSR count). The zero-order valence-electron chi connectivity index (χ0n) is 8.60. The first-order chi connectivity index (χ1) is 7.84. The van der Waals surface area contributed by atoms with Gasteiger partial charge in [-0.15, -0.1) is 0 Å². The molecule has 1 aromatic heterocycles. The van der Waals surface area contributed by atoms with E-state index in [1.54, 1.807) is 12.3 Å². The molecule has 0 saturated carbocycles. The van der Waals surface area contributed by atoms with Crippen LogP contribution in [0.5, 0.6) is 0 Å². The summed E-state index contributed by atoms with van der Waals surface area (Å²) < 4.78 is 10.9. The molecule has 16 heavy (non-hydrogen) atoms. The summed E-state index contributed by atoms with van der Waals surface area (Å²) in [5.74, 6) is 0.715. The molecule has 0 bridgehead atoms. The molecule has 3 nitrogen and oxygen atoms in total. The van der Waals surface area contributed by atoms with Crippen LogP contribution in [0.4, 0.5) is 0 Å². The topological polar surface area (TPSA) is 39.4 Å². The number of allylic oxidation sites excluding steroid dienone is 1. The van der Waals surface area contributed by atoms with Gasteiger partial charge in [-0.3, -0.25) is 4.79 Å². The van der Waals surface area contributed by atoms with Crippen molar-refractivity contribution in [3.8, 4) is 0 Å². The van der Waals surface area contributed by atoms with Gasteiger partial charge < -0.3 is 9.15 Å². The summed E-state index contributed by atoms with van der Waals surface area (Å²) in [5, 5.41) is 0.975. The van der Waals surface area contributed by atoms with E-state index >= 15 is 0 Å². The van der Waals surface area contributed by atoms with Crippen molar-refractivity contribution < 1.29 is 13.9 Å². The highest BCUT2D eigenvalue weighted by Crippen LogP contribution is 2.29. The molecule has 1 aliphatic rings. The summed E-state index contributed by atoms with van der Waals surface area (Å²) >= 11 is 0. The van der Waals surface area contributed by atoms with E-state index in [1.807, 2.05) is 24.3 Å². The smallest absolute Gasteiger partial charge is 0.162 e. The van der Waals surface area contributed by atoms with Gasteiger partial charge >= 0.3 is 0 Å². The molecule has 1 aliphatic heterocycles. The normalized spacial score (nSPS) is 16.0. The largest absolute Gasteiger partial charge is 0.492 e. The number of ketones is 1. The number of hydrogen-bond donors (Lipinski definition) is 0. The van der Waals surface area contributed by atoms with Crippen molar-refractivity contribution in [1.82, 2.24) is 0 Å². The van der Waals surface area contributed by atoms with Gasteiger partial charge in [0.05, 0.1) is 12.2 Å². The van der Waals surface area contributed by atoms with E-state index in [9.17, 15) is 4.79 Å². The van der Waals surface area contributed by atoms with E-state index in [0.717, 1.165) is 16.5 Å². The van der Waals surface area contributed by atoms with Crippen LogP contribution in [0.25, 0.3) is 16.7 Å². The van der Waals surface area contributed by atoms with E-state index in [1.165, 1.54) is 0 Å². The highest BCUT2D eigenvalue weighted by molar-refractivity contribution is 6.00. The molecule has 2 heterocycles. The van der Waals surface area contributed by atoms with Gasteiger partial charge in [-0.05, 0) is 6.07 Å². The first kappa shape index (κ1) is 9.21. The zero-order chi connectivity index (χ0) is 11.0. The van der Waals surface area contributed by atoms with Crippen molar-refractivity contribution in [3.05, 3.63) is 42.2 Å². The minimum Gasteiger partial charge on any atom is -0.492 e. The lowest BCUT2D eigenvalue weighted by Gasteiger charge is -2.12. The fourth-order valence-electron chi connectivity index (χ4n) is 1.85. The van der Waals surface area contributed by atoms with Crippen molar-refractivity contribution in [3.63, 3.8) is 0 Å². The zero-order valence-corrected chi connectivity index (χ0v) is 8.60. The molecule has 0 spiro atoms. The third kappa shape index (κ3) is 1.41. The average Bonchev–Trinajstić information content (AvgIpc) is 2.72. The molecular weight excluding hydrogens is 204 g/mol. The molecule has 0 N–H and O–H groups in total. The third-order valence-corrected chi connectivity index (χ3v) is 2.64. The summed E-state index contributed by atoms with van der Waals surface area (Å²) in [4.78, 5) is 11.3. The summed E-state index contributed by atoms with van der Waals surface area (Å²) in [7, 11) is 0. The number of hydrogen-bond acceptors (Lipinski definition) is 3. The van der Waals surface area contributed by atoms with Crippen LogP contribution in [0.3, 0.4) is 0 Å². The van der Waals surface area contributed by atoms with Crippen LogP contribution < -0.4 is 0 Å². The lowest BCUT2D eigenvalue weighted by Crippen LogP contribution is -2.08. The van der Waals surface area contributed by atoms with Crippen LogP contribution in [0, 0.1) is 0 Å². The maximum atomic E-state index is 11.3. The minimum atomic E-state index is 0.103. The molecule has 0 atom stereocenters. The van der Waals surface area contributed by atoms with Crippen LogP contribution in [0.2, 0.25) is 0 Å². The molecule has 0 amide bonds. The SMILES string of the molecule is O=C1C=C(c2coc3ccccc23)OCC1. The van der Waals surface area contributed by atoms with Crippen LogP contribution >= 0.6 is 0 Å². The van der Waals surface area contributed by atoms with Gasteiger partial charge in [-0.1, -0.05) is 18.2 Å². The van der Waals surface area contributed by atoms with E-state index < -0.39 is 0 Å². The third-order valence-electron chi connectivity index (χ3n) is 2.64. The molecule has 0 radical (unpaired) electrons. The number of carbonyl (C=O) groups excluding carboxylic acids is 1. The molecular formula is C13H10O3. The predicted octanol–water partition coefficient (Wildman–Crippen LogP) is 2.76. The second-order valence-electron chi connectivity index (χ2n) is 3.72. The Morgan fingerprint density at radius 1 is 1.19 bits per heavy atom. The fraction of sp³-hybridized carbons (Fsp3) is 0.154. The molecule has 80 valence electrons. The summed E-state index contributed by atoms with van der Waals surface area (Å²) in [6.07, 6.45) is 3.63. The van der Waals surface area contributed by atoms with Crippen LogP contribution in [0.1, 0.15) is 12.0 Å². The number of ether oxygens (including phenoxy) is 1. The second kappa shape index (κ2) is 3.52. The first-order valence-corrected chi connectivity index (χ1v) is 5.18. The maximum absolute atomic E-state index is 11.3. The summed E-state index contributed by atoms with van der Waals surface area (Å²) in [6.45, 7) is 0.449. The molecule has 1 aromatic carbocycles. The fourth-order valence-corrected chi connectivity index (χ4v) is 1.85. The van der Waals surface area contributed by atoms with Crippen molar-refractivity contribution in [2.45, 2.75) is 6.42 Å². The van der Waals surface area contributed by atoms with Gasteiger partial charge in [0.15, 0.2) is 5.78 Å². The van der Waals surface area contributed by atoms with Gasteiger partial charge in [0, 0.05) is 17.9 Å². The van der Waals surface area contributed by atoms with Gasteiger partial charge in [0.1, 0.15) is 17.6 Å².